The Kier molecular flexibility index (Phi) is 5.19. The number of nitrogens with zero attached hydrogens (tertiary/aromatic N) is 2. The van der Waals surface area contributed by atoms with Gasteiger partial charge in [0, 0.05) is 29.2 Å². The van der Waals surface area contributed by atoms with E-state index in [2.05, 4.69) is 0 Å². The van der Waals surface area contributed by atoms with Gasteiger partial charge < -0.3 is 14.6 Å². The molecule has 1 aliphatic rings. The molecule has 0 saturated heterocycles. The van der Waals surface area contributed by atoms with Gasteiger partial charge in [-0.25, -0.2) is 0 Å². The second-order valence-electron chi connectivity index (χ2n) is 8.49. The van der Waals surface area contributed by atoms with Gasteiger partial charge >= 0.3 is 0 Å². The SMILES string of the molecule is Cc1ccc(CN2C(=O)[C@@](O)(CC(=O)c3ccc(-n4cccc4)cc3)c3ccccc32)cc1. The highest BCUT2D eigenvalue weighted by molar-refractivity contribution is 6.10. The number of aromatic nitrogens is 1. The quantitative estimate of drug-likeness (QED) is 0.442. The van der Waals surface area contributed by atoms with Crippen molar-refractivity contribution in [3.8, 4) is 5.69 Å². The minimum atomic E-state index is -1.89. The van der Waals surface area contributed by atoms with Crippen molar-refractivity contribution >= 4 is 17.4 Å². The van der Waals surface area contributed by atoms with E-state index in [1.807, 2.05) is 84.5 Å². The minimum Gasteiger partial charge on any atom is -0.375 e. The van der Waals surface area contributed by atoms with Crippen LogP contribution in [0.25, 0.3) is 5.69 Å². The fourth-order valence-corrected chi connectivity index (χ4v) is 4.37. The third-order valence-corrected chi connectivity index (χ3v) is 6.21. The number of rotatable bonds is 6. The van der Waals surface area contributed by atoms with Crippen LogP contribution in [0, 0.1) is 6.92 Å². The Morgan fingerprint density at radius 1 is 0.879 bits per heavy atom. The Hall–Kier alpha value is -3.96. The molecule has 0 radical (unpaired) electrons. The molecule has 1 N–H and O–H groups in total. The first-order valence-electron chi connectivity index (χ1n) is 10.9. The van der Waals surface area contributed by atoms with Crippen molar-refractivity contribution in [1.29, 1.82) is 0 Å². The Bertz CT molecular complexity index is 1310. The highest BCUT2D eigenvalue weighted by atomic mass is 16.3. The predicted molar refractivity (Wildman–Crippen MR) is 127 cm³/mol. The molecule has 0 unspecified atom stereocenters. The van der Waals surface area contributed by atoms with Crippen molar-refractivity contribution in [2.75, 3.05) is 4.90 Å². The fraction of sp³-hybridized carbons (Fsp3) is 0.143. The van der Waals surface area contributed by atoms with Gasteiger partial charge in [-0.1, -0.05) is 48.0 Å². The zero-order chi connectivity index (χ0) is 23.0. The molecule has 3 aromatic carbocycles. The lowest BCUT2D eigenvalue weighted by Gasteiger charge is -2.23. The second-order valence-corrected chi connectivity index (χ2v) is 8.49. The van der Waals surface area contributed by atoms with Crippen LogP contribution in [0.1, 0.15) is 33.5 Å². The van der Waals surface area contributed by atoms with Crippen molar-refractivity contribution < 1.29 is 14.7 Å². The number of aliphatic hydroxyl groups is 1. The van der Waals surface area contributed by atoms with Crippen molar-refractivity contribution in [2.45, 2.75) is 25.5 Å². The van der Waals surface area contributed by atoms with Crippen molar-refractivity contribution in [3.63, 3.8) is 0 Å². The molecule has 0 aliphatic carbocycles. The number of anilines is 1. The van der Waals surface area contributed by atoms with E-state index in [9.17, 15) is 14.7 Å². The minimum absolute atomic E-state index is 0.281. The van der Waals surface area contributed by atoms with E-state index in [1.54, 1.807) is 29.2 Å². The summed E-state index contributed by atoms with van der Waals surface area (Å²) in [5, 5.41) is 11.5. The van der Waals surface area contributed by atoms with Gasteiger partial charge in [0.1, 0.15) is 0 Å². The Morgan fingerprint density at radius 3 is 2.24 bits per heavy atom. The van der Waals surface area contributed by atoms with Crippen LogP contribution in [0.3, 0.4) is 0 Å². The first-order chi connectivity index (χ1) is 16.0. The molecule has 0 saturated carbocycles. The smallest absolute Gasteiger partial charge is 0.264 e. The summed E-state index contributed by atoms with van der Waals surface area (Å²) in [5.41, 5.74) is 2.71. The third kappa shape index (κ3) is 3.77. The molecule has 0 fully saturated rings. The van der Waals surface area contributed by atoms with Gasteiger partial charge in [-0.2, -0.15) is 0 Å². The summed E-state index contributed by atoms with van der Waals surface area (Å²) in [4.78, 5) is 28.1. The number of carbonyl (C=O) groups excluding carboxylic acids is 2. The Balaban J connectivity index is 1.41. The first-order valence-corrected chi connectivity index (χ1v) is 10.9. The second kappa shape index (κ2) is 8.19. The summed E-state index contributed by atoms with van der Waals surface area (Å²) in [7, 11) is 0. The van der Waals surface area contributed by atoms with Crippen LogP contribution in [0.2, 0.25) is 0 Å². The topological polar surface area (TPSA) is 62.5 Å². The summed E-state index contributed by atoms with van der Waals surface area (Å²) in [5.74, 6) is -0.751. The largest absolute Gasteiger partial charge is 0.375 e. The maximum atomic E-state index is 13.5. The number of hydrogen-bond donors (Lipinski definition) is 1. The van der Waals surface area contributed by atoms with Crippen molar-refractivity contribution in [2.24, 2.45) is 0 Å². The molecule has 0 bridgehead atoms. The third-order valence-electron chi connectivity index (χ3n) is 6.21. The van der Waals surface area contributed by atoms with Crippen LogP contribution in [0.4, 0.5) is 5.69 Å². The van der Waals surface area contributed by atoms with Gasteiger partial charge in [0.05, 0.1) is 18.7 Å². The van der Waals surface area contributed by atoms with E-state index >= 15 is 0 Å². The molecule has 1 aromatic heterocycles. The summed E-state index contributed by atoms with van der Waals surface area (Å²) < 4.78 is 1.95. The van der Waals surface area contributed by atoms with Crippen LogP contribution in [0.5, 0.6) is 0 Å². The van der Waals surface area contributed by atoms with Crippen LogP contribution in [-0.2, 0) is 16.9 Å². The molecule has 164 valence electrons. The van der Waals surface area contributed by atoms with E-state index in [1.165, 1.54) is 0 Å². The fourth-order valence-electron chi connectivity index (χ4n) is 4.37. The molecule has 1 amide bonds. The van der Waals surface area contributed by atoms with E-state index in [0.29, 0.717) is 23.4 Å². The van der Waals surface area contributed by atoms with Crippen LogP contribution < -0.4 is 4.90 Å². The summed E-state index contributed by atoms with van der Waals surface area (Å²) in [6.45, 7) is 2.34. The molecular formula is C28H24N2O3. The number of fused-ring (bicyclic) bond motifs is 1. The lowest BCUT2D eigenvalue weighted by Crippen LogP contribution is -2.41. The van der Waals surface area contributed by atoms with Crippen LogP contribution in [0.15, 0.2) is 97.3 Å². The average Bonchev–Trinajstić information content (AvgIpc) is 3.44. The Labute approximate surface area is 192 Å². The molecule has 1 aliphatic heterocycles. The monoisotopic (exact) mass is 436 g/mol. The van der Waals surface area contributed by atoms with Gasteiger partial charge in [0.25, 0.3) is 5.91 Å². The number of hydrogen-bond acceptors (Lipinski definition) is 3. The summed E-state index contributed by atoms with van der Waals surface area (Å²) in [6.07, 6.45) is 3.54. The Morgan fingerprint density at radius 2 is 1.55 bits per heavy atom. The van der Waals surface area contributed by atoms with Gasteiger partial charge in [0.15, 0.2) is 11.4 Å². The van der Waals surface area contributed by atoms with Crippen molar-refractivity contribution in [1.82, 2.24) is 4.57 Å². The number of carbonyl (C=O) groups is 2. The highest BCUT2D eigenvalue weighted by Gasteiger charge is 2.50. The number of ketones is 1. The summed E-state index contributed by atoms with van der Waals surface area (Å²) in [6, 6.07) is 26.1. The molecule has 5 heteroatoms. The standard InChI is InChI=1S/C28H24N2O3/c1-20-8-10-21(11-9-20)19-30-25-7-3-2-6-24(25)28(33,27(30)32)18-26(31)22-12-14-23(15-13-22)29-16-4-5-17-29/h2-17,33H,18-19H2,1H3/t28-/m1/s1. The predicted octanol–water partition coefficient (Wildman–Crippen LogP) is 4.79. The zero-order valence-corrected chi connectivity index (χ0v) is 18.3. The van der Waals surface area contributed by atoms with Gasteiger partial charge in [-0.3, -0.25) is 9.59 Å². The molecule has 5 rings (SSSR count). The van der Waals surface area contributed by atoms with Gasteiger partial charge in [-0.15, -0.1) is 0 Å². The van der Waals surface area contributed by atoms with Gasteiger partial charge in [0.2, 0.25) is 0 Å². The molecule has 2 heterocycles. The molecule has 4 aromatic rings. The van der Waals surface area contributed by atoms with E-state index in [0.717, 1.165) is 16.8 Å². The molecular weight excluding hydrogens is 412 g/mol. The highest BCUT2D eigenvalue weighted by Crippen LogP contribution is 2.43. The normalized spacial score (nSPS) is 17.3. The van der Waals surface area contributed by atoms with Crippen LogP contribution in [-0.4, -0.2) is 21.4 Å². The van der Waals surface area contributed by atoms with E-state index in [-0.39, 0.29) is 12.2 Å². The zero-order valence-electron chi connectivity index (χ0n) is 18.3. The van der Waals surface area contributed by atoms with E-state index in [4.69, 9.17) is 0 Å². The number of benzene rings is 3. The van der Waals surface area contributed by atoms with Gasteiger partial charge in [-0.05, 0) is 55.0 Å². The van der Waals surface area contributed by atoms with Crippen molar-refractivity contribution in [3.05, 3.63) is 120 Å². The molecule has 0 spiro atoms. The molecule has 33 heavy (non-hydrogen) atoms. The maximum Gasteiger partial charge on any atom is 0.264 e. The number of aryl methyl sites for hydroxylation is 1. The summed E-state index contributed by atoms with van der Waals surface area (Å²) >= 11 is 0. The number of Topliss-reactive ketones (excluding diaryl/α,β-unsaturated/α-hetero) is 1. The number of amides is 1. The number of para-hydroxylation sites is 1. The first kappa shape index (κ1) is 20.9. The molecule has 1 atom stereocenters. The lowest BCUT2D eigenvalue weighted by atomic mass is 9.88. The lowest BCUT2D eigenvalue weighted by molar-refractivity contribution is -0.136. The van der Waals surface area contributed by atoms with E-state index < -0.39 is 11.5 Å². The molecule has 5 nitrogen and oxygen atoms in total. The van der Waals surface area contributed by atoms with Crippen LogP contribution >= 0.6 is 0 Å². The maximum absolute atomic E-state index is 13.5. The average molecular weight is 437 g/mol.